The van der Waals surface area contributed by atoms with Crippen LogP contribution in [0.3, 0.4) is 0 Å². The van der Waals surface area contributed by atoms with Crippen LogP contribution < -0.4 is 0 Å². The molecule has 1 aliphatic rings. The predicted octanol–water partition coefficient (Wildman–Crippen LogP) is 4.30. The molecule has 0 spiro atoms. The molecule has 0 radical (unpaired) electrons. The Morgan fingerprint density at radius 1 is 1.12 bits per heavy atom. The maximum atomic E-state index is 12.8. The van der Waals surface area contributed by atoms with Gasteiger partial charge in [0.25, 0.3) is 0 Å². The van der Waals surface area contributed by atoms with Gasteiger partial charge in [0.15, 0.2) is 11.6 Å². The molecule has 4 heteroatoms. The molecule has 0 saturated carbocycles. The van der Waals surface area contributed by atoms with Gasteiger partial charge >= 0.3 is 0 Å². The number of hydrogen-bond donors (Lipinski definition) is 2. The van der Waals surface area contributed by atoms with E-state index >= 15 is 0 Å². The number of carbonyl (C=O) groups is 2. The van der Waals surface area contributed by atoms with Crippen LogP contribution in [0.4, 0.5) is 0 Å². The minimum Gasteiger partial charge on any atom is -0.511 e. The van der Waals surface area contributed by atoms with Crippen LogP contribution in [-0.4, -0.2) is 27.9 Å². The molecule has 0 aromatic rings. The third-order valence-corrected chi connectivity index (χ3v) is 4.42. The third-order valence-electron chi connectivity index (χ3n) is 4.42. The van der Waals surface area contributed by atoms with Crippen LogP contribution in [0.1, 0.15) is 60.8 Å². The van der Waals surface area contributed by atoms with Crippen molar-refractivity contribution < 1.29 is 19.8 Å². The van der Waals surface area contributed by atoms with Crippen LogP contribution in [0, 0.1) is 17.8 Å². The van der Waals surface area contributed by atoms with Crippen LogP contribution >= 0.6 is 0 Å². The molecule has 3 atom stereocenters. The summed E-state index contributed by atoms with van der Waals surface area (Å²) in [5.74, 6) is -2.08. The van der Waals surface area contributed by atoms with E-state index in [1.807, 2.05) is 53.7 Å². The Morgan fingerprint density at radius 2 is 1.68 bits per heavy atom. The van der Waals surface area contributed by atoms with Crippen molar-refractivity contribution in [1.82, 2.24) is 0 Å². The maximum Gasteiger partial charge on any atom is 0.176 e. The van der Waals surface area contributed by atoms with Gasteiger partial charge in [-0.15, -0.1) is 0 Å². The fourth-order valence-corrected chi connectivity index (χ4v) is 3.15. The molecule has 0 saturated heterocycles. The van der Waals surface area contributed by atoms with Gasteiger partial charge in [-0.05, 0) is 46.5 Å². The number of allylic oxidation sites excluding steroid dienone is 5. The predicted molar refractivity (Wildman–Crippen MR) is 100 cm³/mol. The highest BCUT2D eigenvalue weighted by Gasteiger charge is 2.47. The number of Topliss-reactive ketones (excluding diaryl/α,β-unsaturated/α-hetero) is 2. The summed E-state index contributed by atoms with van der Waals surface area (Å²) < 4.78 is 0. The highest BCUT2D eigenvalue weighted by atomic mass is 16.3. The lowest BCUT2D eigenvalue weighted by atomic mass is 9.84. The van der Waals surface area contributed by atoms with E-state index < -0.39 is 23.7 Å². The fourth-order valence-electron chi connectivity index (χ4n) is 3.15. The monoisotopic (exact) mass is 348 g/mol. The molecule has 0 aromatic carbocycles. The van der Waals surface area contributed by atoms with Crippen molar-refractivity contribution >= 4 is 11.6 Å². The summed E-state index contributed by atoms with van der Waals surface area (Å²) in [5.41, 5.74) is 2.03. The molecule has 1 aliphatic carbocycles. The lowest BCUT2D eigenvalue weighted by molar-refractivity contribution is -0.125. The summed E-state index contributed by atoms with van der Waals surface area (Å²) >= 11 is 0. The first-order valence-corrected chi connectivity index (χ1v) is 9.01. The molecule has 25 heavy (non-hydrogen) atoms. The largest absolute Gasteiger partial charge is 0.511 e. The second kappa shape index (κ2) is 9.14. The Morgan fingerprint density at radius 3 is 2.16 bits per heavy atom. The highest BCUT2D eigenvalue weighted by Crippen LogP contribution is 2.39. The first-order chi connectivity index (χ1) is 11.6. The van der Waals surface area contributed by atoms with Gasteiger partial charge in [-0.1, -0.05) is 37.1 Å². The zero-order chi connectivity index (χ0) is 19.3. The zero-order valence-electron chi connectivity index (χ0n) is 16.3. The Bertz CT molecular complexity index is 599. The summed E-state index contributed by atoms with van der Waals surface area (Å²) in [7, 11) is 0. The highest BCUT2D eigenvalue weighted by molar-refractivity contribution is 6.23. The van der Waals surface area contributed by atoms with Crippen LogP contribution in [-0.2, 0) is 9.59 Å². The Hall–Kier alpha value is -1.68. The van der Waals surface area contributed by atoms with Crippen LogP contribution in [0.15, 0.2) is 34.6 Å². The molecule has 0 aliphatic heterocycles. The first kappa shape index (κ1) is 21.4. The van der Waals surface area contributed by atoms with E-state index in [0.717, 1.165) is 11.1 Å². The minimum atomic E-state index is -0.913. The van der Waals surface area contributed by atoms with Crippen molar-refractivity contribution in [2.24, 2.45) is 17.8 Å². The quantitative estimate of drug-likeness (QED) is 0.506. The lowest BCUT2D eigenvalue weighted by Crippen LogP contribution is -2.31. The second-order valence-electron chi connectivity index (χ2n) is 7.88. The summed E-state index contributed by atoms with van der Waals surface area (Å²) in [5, 5.41) is 21.2. The van der Waals surface area contributed by atoms with E-state index in [9.17, 15) is 19.8 Å². The molecule has 1 rings (SSSR count). The van der Waals surface area contributed by atoms with Crippen molar-refractivity contribution in [1.29, 1.82) is 0 Å². The molecule has 2 N–H and O–H groups in total. The fraction of sp³-hybridized carbons (Fsp3) is 0.619. The summed E-state index contributed by atoms with van der Waals surface area (Å²) in [6.07, 6.45) is 3.89. The smallest absolute Gasteiger partial charge is 0.176 e. The molecule has 0 aromatic heterocycles. The molecule has 0 fully saturated rings. The maximum absolute atomic E-state index is 12.8. The zero-order valence-corrected chi connectivity index (χ0v) is 16.3. The van der Waals surface area contributed by atoms with E-state index in [4.69, 9.17) is 0 Å². The number of aliphatic hydroxyl groups is 2. The normalized spacial score (nSPS) is 21.5. The molecule has 2 unspecified atom stereocenters. The summed E-state index contributed by atoms with van der Waals surface area (Å²) in [6, 6.07) is 0. The van der Waals surface area contributed by atoms with Crippen LogP contribution in [0.2, 0.25) is 0 Å². The Balaban J connectivity index is 3.18. The number of aliphatic hydroxyl groups excluding tert-OH is 2. The Kier molecular flexibility index (Phi) is 7.81. The van der Waals surface area contributed by atoms with Gasteiger partial charge in [0, 0.05) is 12.3 Å². The average Bonchev–Trinajstić information content (AvgIpc) is 2.72. The first-order valence-electron chi connectivity index (χ1n) is 9.01. The van der Waals surface area contributed by atoms with Gasteiger partial charge in [0.2, 0.25) is 0 Å². The standard InChI is InChI=1S/C21H32O4/c1-12(2)7-9-15-18(16(22)10-8-13(3)4)21(25)19(20(15)24)17(23)11-14(5)6/h7-8,14-16,18,22,24H,9-11H2,1-6H3/t15?,16-,18?/m0/s1. The Labute approximate surface area is 151 Å². The molecular formula is C21H32O4. The van der Waals surface area contributed by atoms with E-state index in [0.29, 0.717) is 12.8 Å². The van der Waals surface area contributed by atoms with E-state index in [2.05, 4.69) is 0 Å². The van der Waals surface area contributed by atoms with Gasteiger partial charge in [-0.3, -0.25) is 9.59 Å². The number of ketones is 2. The van der Waals surface area contributed by atoms with Gasteiger partial charge in [0.05, 0.1) is 17.6 Å². The topological polar surface area (TPSA) is 74.6 Å². The molecule has 0 heterocycles. The van der Waals surface area contributed by atoms with Gasteiger partial charge < -0.3 is 10.2 Å². The molecule has 4 nitrogen and oxygen atoms in total. The van der Waals surface area contributed by atoms with Gasteiger partial charge in [-0.25, -0.2) is 0 Å². The van der Waals surface area contributed by atoms with Crippen molar-refractivity contribution in [3.8, 4) is 0 Å². The third kappa shape index (κ3) is 5.67. The SMILES string of the molecule is CC(C)=CCC1C(O)=C(C(=O)CC(C)C)C(=O)C1[C@@H](O)CC=C(C)C. The lowest BCUT2D eigenvalue weighted by Gasteiger charge is -2.23. The van der Waals surface area contributed by atoms with E-state index in [1.165, 1.54) is 0 Å². The molecule has 140 valence electrons. The van der Waals surface area contributed by atoms with E-state index in [1.54, 1.807) is 0 Å². The van der Waals surface area contributed by atoms with Crippen LogP contribution in [0.5, 0.6) is 0 Å². The van der Waals surface area contributed by atoms with Crippen molar-refractivity contribution in [3.63, 3.8) is 0 Å². The molecule has 0 bridgehead atoms. The van der Waals surface area contributed by atoms with Gasteiger partial charge in [0.1, 0.15) is 5.76 Å². The van der Waals surface area contributed by atoms with E-state index in [-0.39, 0.29) is 29.5 Å². The number of rotatable bonds is 8. The minimum absolute atomic E-state index is 0.0953. The number of carbonyl (C=O) groups excluding carboxylic acids is 2. The molecular weight excluding hydrogens is 316 g/mol. The van der Waals surface area contributed by atoms with Gasteiger partial charge in [-0.2, -0.15) is 0 Å². The van der Waals surface area contributed by atoms with Crippen molar-refractivity contribution in [3.05, 3.63) is 34.6 Å². The molecule has 0 amide bonds. The summed E-state index contributed by atoms with van der Waals surface area (Å²) in [6.45, 7) is 11.5. The second-order valence-corrected chi connectivity index (χ2v) is 7.88. The summed E-state index contributed by atoms with van der Waals surface area (Å²) in [4.78, 5) is 25.3. The average molecular weight is 348 g/mol. The van der Waals surface area contributed by atoms with Crippen molar-refractivity contribution in [2.45, 2.75) is 66.9 Å². The van der Waals surface area contributed by atoms with Crippen molar-refractivity contribution in [2.75, 3.05) is 0 Å². The number of hydrogen-bond acceptors (Lipinski definition) is 4. The van der Waals surface area contributed by atoms with Crippen LogP contribution in [0.25, 0.3) is 0 Å².